The molecule has 2 rings (SSSR count). The van der Waals surface area contributed by atoms with Gasteiger partial charge in [-0.1, -0.05) is 28.1 Å². The highest BCUT2D eigenvalue weighted by Gasteiger charge is 2.14. The van der Waals surface area contributed by atoms with Crippen LogP contribution in [0.15, 0.2) is 44.7 Å². The summed E-state index contributed by atoms with van der Waals surface area (Å²) < 4.78 is 2.19. The third-order valence-corrected chi connectivity index (χ3v) is 5.11. The number of halogens is 2. The van der Waals surface area contributed by atoms with Crippen molar-refractivity contribution < 1.29 is 5.11 Å². The maximum absolute atomic E-state index is 9.53. The predicted octanol–water partition coefficient (Wildman–Crippen LogP) is 4.59. The molecule has 1 heterocycles. The number of rotatable bonds is 4. The minimum absolute atomic E-state index is 0.155. The van der Waals surface area contributed by atoms with E-state index in [-0.39, 0.29) is 12.5 Å². The maximum Gasteiger partial charge on any atom is 0.0503 e. The zero-order valence-electron chi connectivity index (χ0n) is 9.07. The van der Waals surface area contributed by atoms with Crippen molar-refractivity contribution in [3.8, 4) is 0 Å². The van der Waals surface area contributed by atoms with Crippen LogP contribution in [0.3, 0.4) is 0 Å². The van der Waals surface area contributed by atoms with E-state index in [2.05, 4.69) is 55.4 Å². The molecule has 90 valence electrons. The standard InChI is InChI=1S/C13H12Br2OS/c14-11-3-1-2-9(6-11)10(8-16)7-13-12(15)4-5-17-13/h1-6,10,16H,7-8H2. The SMILES string of the molecule is OCC(Cc1sccc1Br)c1cccc(Br)c1. The molecule has 0 spiro atoms. The first-order valence-corrected chi connectivity index (χ1v) is 7.75. The van der Waals surface area contributed by atoms with Gasteiger partial charge in [-0.25, -0.2) is 0 Å². The summed E-state index contributed by atoms with van der Waals surface area (Å²) >= 11 is 8.72. The van der Waals surface area contributed by atoms with Gasteiger partial charge in [0.2, 0.25) is 0 Å². The van der Waals surface area contributed by atoms with Crippen molar-refractivity contribution in [2.24, 2.45) is 0 Å². The van der Waals surface area contributed by atoms with Crippen LogP contribution < -0.4 is 0 Å². The summed E-state index contributed by atoms with van der Waals surface area (Å²) in [6.45, 7) is 0.167. The van der Waals surface area contributed by atoms with Crippen LogP contribution >= 0.6 is 43.2 Å². The summed E-state index contributed by atoms with van der Waals surface area (Å²) in [5.41, 5.74) is 1.17. The first kappa shape index (κ1) is 13.3. The second kappa shape index (κ2) is 6.14. The molecule has 0 amide bonds. The Hall–Kier alpha value is -0.160. The molecule has 0 aliphatic rings. The molecule has 4 heteroatoms. The van der Waals surface area contributed by atoms with Crippen LogP contribution in [0.2, 0.25) is 0 Å². The smallest absolute Gasteiger partial charge is 0.0503 e. The fraction of sp³-hybridized carbons (Fsp3) is 0.231. The van der Waals surface area contributed by atoms with Crippen LogP contribution in [0.25, 0.3) is 0 Å². The third kappa shape index (κ3) is 3.41. The van der Waals surface area contributed by atoms with E-state index in [0.29, 0.717) is 0 Å². The molecule has 0 saturated carbocycles. The van der Waals surface area contributed by atoms with Gasteiger partial charge >= 0.3 is 0 Å². The topological polar surface area (TPSA) is 20.2 Å². The van der Waals surface area contributed by atoms with Crippen LogP contribution in [0, 0.1) is 0 Å². The molecule has 0 fully saturated rings. The Kier molecular flexibility index (Phi) is 4.79. The molecule has 0 saturated heterocycles. The number of hydrogen-bond acceptors (Lipinski definition) is 2. The van der Waals surface area contributed by atoms with Gasteiger partial charge in [-0.2, -0.15) is 0 Å². The summed E-state index contributed by atoms with van der Waals surface area (Å²) in [6.07, 6.45) is 0.866. The minimum atomic E-state index is 0.155. The lowest BCUT2D eigenvalue weighted by molar-refractivity contribution is 0.265. The molecule has 1 nitrogen and oxygen atoms in total. The molecular formula is C13H12Br2OS. The van der Waals surface area contributed by atoms with Gasteiger partial charge in [0.1, 0.15) is 0 Å². The summed E-state index contributed by atoms with van der Waals surface area (Å²) in [5.74, 6) is 0.155. The van der Waals surface area contributed by atoms with E-state index in [1.54, 1.807) is 11.3 Å². The number of benzene rings is 1. The second-order valence-corrected chi connectivity index (χ2v) is 6.60. The summed E-state index contributed by atoms with van der Waals surface area (Å²) in [6, 6.07) is 10.2. The summed E-state index contributed by atoms with van der Waals surface area (Å²) in [4.78, 5) is 1.28. The fourth-order valence-corrected chi connectivity index (χ4v) is 3.76. The Bertz CT molecular complexity index is 496. The lowest BCUT2D eigenvalue weighted by atomic mass is 9.96. The van der Waals surface area contributed by atoms with E-state index < -0.39 is 0 Å². The molecule has 0 aliphatic carbocycles. The van der Waals surface area contributed by atoms with Crippen molar-refractivity contribution in [2.45, 2.75) is 12.3 Å². The fourth-order valence-electron chi connectivity index (χ4n) is 1.74. The van der Waals surface area contributed by atoms with Crippen molar-refractivity contribution in [1.29, 1.82) is 0 Å². The monoisotopic (exact) mass is 374 g/mol. The van der Waals surface area contributed by atoms with Crippen LogP contribution in [-0.2, 0) is 6.42 Å². The van der Waals surface area contributed by atoms with Crippen LogP contribution in [-0.4, -0.2) is 11.7 Å². The van der Waals surface area contributed by atoms with Crippen LogP contribution in [0.1, 0.15) is 16.4 Å². The van der Waals surface area contributed by atoms with E-state index >= 15 is 0 Å². The van der Waals surface area contributed by atoms with E-state index in [1.165, 1.54) is 10.4 Å². The van der Waals surface area contributed by atoms with Gasteiger partial charge in [-0.15, -0.1) is 11.3 Å². The second-order valence-electron chi connectivity index (χ2n) is 3.83. The molecule has 1 aromatic heterocycles. The maximum atomic E-state index is 9.53. The Balaban J connectivity index is 2.20. The van der Waals surface area contributed by atoms with E-state index in [4.69, 9.17) is 0 Å². The zero-order chi connectivity index (χ0) is 12.3. The van der Waals surface area contributed by atoms with Crippen molar-refractivity contribution in [3.05, 3.63) is 55.1 Å². The van der Waals surface area contributed by atoms with Crippen molar-refractivity contribution in [3.63, 3.8) is 0 Å². The highest BCUT2D eigenvalue weighted by atomic mass is 79.9. The number of aliphatic hydroxyl groups is 1. The van der Waals surface area contributed by atoms with Crippen LogP contribution in [0.5, 0.6) is 0 Å². The van der Waals surface area contributed by atoms with Crippen molar-refractivity contribution >= 4 is 43.2 Å². The average Bonchev–Trinajstić information content (AvgIpc) is 2.71. The Labute approximate surface area is 122 Å². The number of hydrogen-bond donors (Lipinski definition) is 1. The van der Waals surface area contributed by atoms with Crippen molar-refractivity contribution in [1.82, 2.24) is 0 Å². The molecule has 1 N–H and O–H groups in total. The molecule has 1 atom stereocenters. The first-order valence-electron chi connectivity index (χ1n) is 5.29. The summed E-state index contributed by atoms with van der Waals surface area (Å²) in [5, 5.41) is 11.6. The van der Waals surface area contributed by atoms with Gasteiger partial charge < -0.3 is 5.11 Å². The van der Waals surface area contributed by atoms with E-state index in [0.717, 1.165) is 15.4 Å². The normalized spacial score (nSPS) is 12.6. The van der Waals surface area contributed by atoms with Gasteiger partial charge in [-0.05, 0) is 51.5 Å². The third-order valence-electron chi connectivity index (χ3n) is 2.66. The first-order chi connectivity index (χ1) is 8.20. The Morgan fingerprint density at radius 2 is 2.06 bits per heavy atom. The molecule has 0 radical (unpaired) electrons. The summed E-state index contributed by atoms with van der Waals surface area (Å²) in [7, 11) is 0. The lowest BCUT2D eigenvalue weighted by Crippen LogP contribution is -2.07. The van der Waals surface area contributed by atoms with Crippen molar-refractivity contribution in [2.75, 3.05) is 6.61 Å². The Morgan fingerprint density at radius 3 is 2.65 bits per heavy atom. The Morgan fingerprint density at radius 1 is 1.24 bits per heavy atom. The molecular weight excluding hydrogens is 364 g/mol. The van der Waals surface area contributed by atoms with Gasteiger partial charge in [-0.3, -0.25) is 0 Å². The van der Waals surface area contributed by atoms with Gasteiger partial charge in [0.05, 0.1) is 6.61 Å². The van der Waals surface area contributed by atoms with Gasteiger partial charge in [0.25, 0.3) is 0 Å². The molecule has 2 aromatic rings. The highest BCUT2D eigenvalue weighted by Crippen LogP contribution is 2.30. The molecule has 0 bridgehead atoms. The lowest BCUT2D eigenvalue weighted by Gasteiger charge is -2.14. The van der Waals surface area contributed by atoms with Gasteiger partial charge in [0, 0.05) is 19.7 Å². The minimum Gasteiger partial charge on any atom is -0.396 e. The zero-order valence-corrected chi connectivity index (χ0v) is 13.1. The van der Waals surface area contributed by atoms with Gasteiger partial charge in [0.15, 0.2) is 0 Å². The molecule has 17 heavy (non-hydrogen) atoms. The number of aliphatic hydroxyl groups excluding tert-OH is 1. The highest BCUT2D eigenvalue weighted by molar-refractivity contribution is 9.10. The molecule has 1 aromatic carbocycles. The average molecular weight is 376 g/mol. The molecule has 1 unspecified atom stereocenters. The quantitative estimate of drug-likeness (QED) is 0.828. The molecule has 0 aliphatic heterocycles. The van der Waals surface area contributed by atoms with Crippen LogP contribution in [0.4, 0.5) is 0 Å². The predicted molar refractivity (Wildman–Crippen MR) is 79.7 cm³/mol. The van der Waals surface area contributed by atoms with E-state index in [9.17, 15) is 5.11 Å². The van der Waals surface area contributed by atoms with E-state index in [1.807, 2.05) is 12.1 Å². The number of thiophene rings is 1. The largest absolute Gasteiger partial charge is 0.396 e.